The van der Waals surface area contributed by atoms with Gasteiger partial charge in [-0.25, -0.2) is 9.18 Å². The predicted molar refractivity (Wildman–Crippen MR) is 117 cm³/mol. The van der Waals surface area contributed by atoms with Crippen molar-refractivity contribution < 1.29 is 19.0 Å². The van der Waals surface area contributed by atoms with E-state index in [0.717, 1.165) is 18.4 Å². The molecule has 1 heterocycles. The first-order valence-electron chi connectivity index (χ1n) is 10.7. The van der Waals surface area contributed by atoms with Crippen LogP contribution in [0, 0.1) is 5.82 Å². The molecule has 3 aromatic rings. The summed E-state index contributed by atoms with van der Waals surface area (Å²) in [4.78, 5) is 14.6. The summed E-state index contributed by atoms with van der Waals surface area (Å²) in [6, 6.07) is 21.0. The Morgan fingerprint density at radius 1 is 1.03 bits per heavy atom. The number of ether oxygens (including phenoxy) is 1. The van der Waals surface area contributed by atoms with Crippen LogP contribution in [0.4, 0.5) is 9.18 Å². The number of likely N-dealkylation sites (tertiary alicyclic amines) is 1. The molecule has 1 saturated heterocycles. The van der Waals surface area contributed by atoms with E-state index in [1.165, 1.54) is 34.4 Å². The lowest BCUT2D eigenvalue weighted by atomic mass is 9.90. The Balaban J connectivity index is 1.28. The van der Waals surface area contributed by atoms with Gasteiger partial charge in [0.1, 0.15) is 6.61 Å². The molecule has 1 aliphatic carbocycles. The number of benzene rings is 3. The normalized spacial score (nSPS) is 17.8. The van der Waals surface area contributed by atoms with Crippen molar-refractivity contribution in [2.24, 2.45) is 0 Å². The highest BCUT2D eigenvalue weighted by Crippen LogP contribution is 2.44. The van der Waals surface area contributed by atoms with E-state index in [-0.39, 0.29) is 23.7 Å². The molecular formula is C26H24FNO3. The molecule has 31 heavy (non-hydrogen) atoms. The first-order chi connectivity index (χ1) is 15.1. The van der Waals surface area contributed by atoms with E-state index >= 15 is 0 Å². The van der Waals surface area contributed by atoms with Crippen LogP contribution < -0.4 is 0 Å². The second kappa shape index (κ2) is 8.06. The van der Waals surface area contributed by atoms with E-state index in [1.807, 2.05) is 24.3 Å². The summed E-state index contributed by atoms with van der Waals surface area (Å²) in [5, 5.41) is 9.69. The average molecular weight is 417 g/mol. The number of amides is 1. The van der Waals surface area contributed by atoms with Crippen molar-refractivity contribution in [2.75, 3.05) is 19.7 Å². The minimum atomic E-state index is -0.632. The summed E-state index contributed by atoms with van der Waals surface area (Å²) in [5.74, 6) is -0.893. The van der Waals surface area contributed by atoms with Crippen LogP contribution in [-0.4, -0.2) is 35.8 Å². The predicted octanol–water partition coefficient (Wildman–Crippen LogP) is 5.66. The van der Waals surface area contributed by atoms with Gasteiger partial charge in [0.05, 0.1) is 0 Å². The zero-order chi connectivity index (χ0) is 21.4. The van der Waals surface area contributed by atoms with Gasteiger partial charge in [-0.05, 0) is 52.8 Å². The van der Waals surface area contributed by atoms with E-state index in [1.54, 1.807) is 11.0 Å². The van der Waals surface area contributed by atoms with Crippen LogP contribution in [0.3, 0.4) is 0 Å². The second-order valence-electron chi connectivity index (χ2n) is 8.30. The molecule has 2 aliphatic rings. The molecule has 0 aromatic heterocycles. The van der Waals surface area contributed by atoms with Crippen molar-refractivity contribution in [3.05, 3.63) is 89.2 Å². The van der Waals surface area contributed by atoms with Gasteiger partial charge in [0.25, 0.3) is 0 Å². The smallest absolute Gasteiger partial charge is 0.409 e. The SMILES string of the molecule is O=C(OCC1c2ccccc2-c2ccccc21)N1CCCC(c2ccc(F)c(O)c2)C1. The van der Waals surface area contributed by atoms with Gasteiger partial charge in [0.2, 0.25) is 0 Å². The third-order valence-corrected chi connectivity index (χ3v) is 6.46. The first kappa shape index (κ1) is 19.6. The lowest BCUT2D eigenvalue weighted by Crippen LogP contribution is -2.39. The van der Waals surface area contributed by atoms with Gasteiger partial charge in [-0.2, -0.15) is 0 Å². The maximum Gasteiger partial charge on any atom is 0.409 e. The zero-order valence-corrected chi connectivity index (χ0v) is 17.1. The molecule has 0 radical (unpaired) electrons. The van der Waals surface area contributed by atoms with Gasteiger partial charge in [-0.3, -0.25) is 0 Å². The Bertz CT molecular complexity index is 1080. The average Bonchev–Trinajstić information content (AvgIpc) is 3.13. The summed E-state index contributed by atoms with van der Waals surface area (Å²) in [6.07, 6.45) is 1.41. The molecule has 0 bridgehead atoms. The lowest BCUT2D eigenvalue weighted by molar-refractivity contribution is 0.0892. The van der Waals surface area contributed by atoms with Crippen LogP contribution >= 0.6 is 0 Å². The number of carbonyl (C=O) groups is 1. The number of aromatic hydroxyl groups is 1. The van der Waals surface area contributed by atoms with Crippen LogP contribution in [0.5, 0.6) is 5.75 Å². The Labute approximate surface area is 180 Å². The molecule has 0 spiro atoms. The Morgan fingerprint density at radius 3 is 2.39 bits per heavy atom. The van der Waals surface area contributed by atoms with Gasteiger partial charge in [-0.15, -0.1) is 0 Å². The molecule has 1 N–H and O–H groups in total. The van der Waals surface area contributed by atoms with Gasteiger partial charge < -0.3 is 14.7 Å². The molecule has 5 rings (SSSR count). The quantitative estimate of drug-likeness (QED) is 0.598. The van der Waals surface area contributed by atoms with E-state index < -0.39 is 5.82 Å². The van der Waals surface area contributed by atoms with E-state index in [2.05, 4.69) is 24.3 Å². The number of hydrogen-bond donors (Lipinski definition) is 1. The maximum atomic E-state index is 13.4. The molecule has 1 aliphatic heterocycles. The van der Waals surface area contributed by atoms with Crippen LogP contribution in [0.1, 0.15) is 41.4 Å². The lowest BCUT2D eigenvalue weighted by Gasteiger charge is -2.32. The number of phenolic OH excluding ortho intramolecular Hbond substituents is 1. The minimum absolute atomic E-state index is 0.0333. The van der Waals surface area contributed by atoms with Crippen LogP contribution in [0.25, 0.3) is 11.1 Å². The molecule has 158 valence electrons. The Hall–Kier alpha value is -3.34. The van der Waals surface area contributed by atoms with Crippen molar-refractivity contribution in [3.8, 4) is 16.9 Å². The highest BCUT2D eigenvalue weighted by molar-refractivity contribution is 5.79. The van der Waals surface area contributed by atoms with Gasteiger partial charge in [-0.1, -0.05) is 54.6 Å². The Kier molecular flexibility index (Phi) is 5.10. The molecule has 3 aromatic carbocycles. The fraction of sp³-hybridized carbons (Fsp3) is 0.269. The van der Waals surface area contributed by atoms with Crippen LogP contribution in [-0.2, 0) is 4.74 Å². The largest absolute Gasteiger partial charge is 0.505 e. The van der Waals surface area contributed by atoms with Crippen molar-refractivity contribution >= 4 is 6.09 Å². The monoisotopic (exact) mass is 417 g/mol. The third-order valence-electron chi connectivity index (χ3n) is 6.46. The maximum absolute atomic E-state index is 13.4. The highest BCUT2D eigenvalue weighted by atomic mass is 19.1. The molecule has 1 atom stereocenters. The summed E-state index contributed by atoms with van der Waals surface area (Å²) in [5.41, 5.74) is 5.63. The van der Waals surface area contributed by atoms with Gasteiger partial charge in [0.15, 0.2) is 11.6 Å². The fourth-order valence-electron chi connectivity index (χ4n) is 4.88. The zero-order valence-electron chi connectivity index (χ0n) is 17.1. The number of nitrogens with zero attached hydrogens (tertiary/aromatic N) is 1. The van der Waals surface area contributed by atoms with Crippen molar-refractivity contribution in [3.63, 3.8) is 0 Å². The number of carbonyl (C=O) groups excluding carboxylic acids is 1. The number of piperidine rings is 1. The molecular weight excluding hydrogens is 393 g/mol. The summed E-state index contributed by atoms with van der Waals surface area (Å²) >= 11 is 0. The number of phenols is 1. The number of rotatable bonds is 3. The molecule has 1 unspecified atom stereocenters. The summed E-state index contributed by atoms with van der Waals surface area (Å²) in [6.45, 7) is 1.44. The van der Waals surface area contributed by atoms with Crippen molar-refractivity contribution in [1.82, 2.24) is 4.90 Å². The van der Waals surface area contributed by atoms with Crippen LogP contribution in [0.2, 0.25) is 0 Å². The standard InChI is InChI=1S/C26H24FNO3/c27-24-12-11-17(14-25(24)29)18-6-5-13-28(15-18)26(30)31-16-23-21-9-3-1-7-19(21)20-8-2-4-10-22(20)23/h1-4,7-12,14,18,23,29H,5-6,13,15-16H2. The Morgan fingerprint density at radius 2 is 1.71 bits per heavy atom. The number of hydrogen-bond acceptors (Lipinski definition) is 3. The second-order valence-corrected chi connectivity index (χ2v) is 8.30. The number of halogens is 1. The van der Waals surface area contributed by atoms with Crippen molar-refractivity contribution in [1.29, 1.82) is 0 Å². The fourth-order valence-corrected chi connectivity index (χ4v) is 4.88. The van der Waals surface area contributed by atoms with E-state index in [4.69, 9.17) is 4.74 Å². The first-order valence-corrected chi connectivity index (χ1v) is 10.7. The van der Waals surface area contributed by atoms with Gasteiger partial charge >= 0.3 is 6.09 Å². The molecule has 1 fully saturated rings. The molecule has 4 nitrogen and oxygen atoms in total. The molecule has 0 saturated carbocycles. The summed E-state index contributed by atoms with van der Waals surface area (Å²) < 4.78 is 19.2. The minimum Gasteiger partial charge on any atom is -0.505 e. The topological polar surface area (TPSA) is 49.8 Å². The third kappa shape index (κ3) is 3.65. The van der Waals surface area contributed by atoms with E-state index in [0.29, 0.717) is 19.7 Å². The highest BCUT2D eigenvalue weighted by Gasteiger charge is 2.31. The molecule has 1 amide bonds. The number of fused-ring (bicyclic) bond motifs is 3. The van der Waals surface area contributed by atoms with E-state index in [9.17, 15) is 14.3 Å². The van der Waals surface area contributed by atoms with Crippen molar-refractivity contribution in [2.45, 2.75) is 24.7 Å². The van der Waals surface area contributed by atoms with Crippen LogP contribution in [0.15, 0.2) is 66.7 Å². The summed E-state index contributed by atoms with van der Waals surface area (Å²) in [7, 11) is 0. The van der Waals surface area contributed by atoms with Gasteiger partial charge in [0, 0.05) is 24.9 Å². The molecule has 5 heteroatoms.